The fourth-order valence-corrected chi connectivity index (χ4v) is 2.93. The van der Waals surface area contributed by atoms with Gasteiger partial charge in [-0.05, 0) is 42.0 Å². The highest BCUT2D eigenvalue weighted by Gasteiger charge is 2.12. The number of benzene rings is 1. The van der Waals surface area contributed by atoms with Crippen LogP contribution < -0.4 is 11.3 Å². The summed E-state index contributed by atoms with van der Waals surface area (Å²) < 4.78 is 14.5. The lowest BCUT2D eigenvalue weighted by atomic mass is 10.0. The van der Waals surface area contributed by atoms with Crippen LogP contribution in [0.15, 0.2) is 40.2 Å². The third-order valence-corrected chi connectivity index (χ3v) is 4.14. The van der Waals surface area contributed by atoms with Crippen molar-refractivity contribution >= 4 is 27.3 Å². The maximum Gasteiger partial charge on any atom is 0.127 e. The number of hydrogen-bond donors (Lipinski definition) is 2. The first-order chi connectivity index (χ1) is 8.69. The van der Waals surface area contributed by atoms with Crippen molar-refractivity contribution in [2.45, 2.75) is 18.9 Å². The summed E-state index contributed by atoms with van der Waals surface area (Å²) in [4.78, 5) is 1.25. The topological polar surface area (TPSA) is 38.0 Å². The molecule has 0 aliphatic carbocycles. The van der Waals surface area contributed by atoms with E-state index in [1.54, 1.807) is 17.4 Å². The Bertz CT molecular complexity index is 502. The van der Waals surface area contributed by atoms with Crippen LogP contribution in [0.3, 0.4) is 0 Å². The van der Waals surface area contributed by atoms with Gasteiger partial charge in [-0.15, -0.1) is 11.3 Å². The summed E-state index contributed by atoms with van der Waals surface area (Å²) in [6, 6.07) is 9.23. The van der Waals surface area contributed by atoms with Crippen molar-refractivity contribution in [3.63, 3.8) is 0 Å². The zero-order chi connectivity index (χ0) is 13.0. The van der Waals surface area contributed by atoms with Gasteiger partial charge in [0.15, 0.2) is 0 Å². The molecule has 0 bridgehead atoms. The van der Waals surface area contributed by atoms with Crippen molar-refractivity contribution in [1.82, 2.24) is 5.43 Å². The zero-order valence-electron chi connectivity index (χ0n) is 9.70. The van der Waals surface area contributed by atoms with Gasteiger partial charge >= 0.3 is 0 Å². The molecule has 0 aliphatic heterocycles. The Labute approximate surface area is 118 Å². The summed E-state index contributed by atoms with van der Waals surface area (Å²) in [5, 5.41) is 2.03. The molecule has 1 aromatic heterocycles. The standard InChI is InChI=1S/C13H14BrFN2S/c14-10-4-3-9(13(15)7-10)6-11(17-16)8-12-2-1-5-18-12/h1-5,7,11,17H,6,8,16H2. The second-order valence-electron chi connectivity index (χ2n) is 4.09. The lowest BCUT2D eigenvalue weighted by molar-refractivity contribution is 0.509. The average Bonchev–Trinajstić information content (AvgIpc) is 2.84. The molecule has 1 aromatic carbocycles. The maximum atomic E-state index is 13.7. The van der Waals surface area contributed by atoms with Crippen molar-refractivity contribution in [3.05, 3.63) is 56.4 Å². The average molecular weight is 329 g/mol. The molecular formula is C13H14BrFN2S. The van der Waals surface area contributed by atoms with Crippen LogP contribution in [0, 0.1) is 5.82 Å². The largest absolute Gasteiger partial charge is 0.271 e. The van der Waals surface area contributed by atoms with E-state index in [0.717, 1.165) is 10.9 Å². The van der Waals surface area contributed by atoms with Crippen LogP contribution in [0.4, 0.5) is 4.39 Å². The molecule has 0 aliphatic rings. The fourth-order valence-electron chi connectivity index (χ4n) is 1.81. The van der Waals surface area contributed by atoms with Gasteiger partial charge in [-0.25, -0.2) is 4.39 Å². The van der Waals surface area contributed by atoms with Gasteiger partial charge in [-0.2, -0.15) is 0 Å². The highest BCUT2D eigenvalue weighted by Crippen LogP contribution is 2.18. The molecule has 2 nitrogen and oxygen atoms in total. The molecular weight excluding hydrogens is 315 g/mol. The van der Waals surface area contributed by atoms with E-state index in [0.29, 0.717) is 12.0 Å². The van der Waals surface area contributed by atoms with Crippen LogP contribution in [0.25, 0.3) is 0 Å². The van der Waals surface area contributed by atoms with Crippen molar-refractivity contribution in [1.29, 1.82) is 0 Å². The number of rotatable bonds is 5. The minimum atomic E-state index is -0.198. The second-order valence-corrected chi connectivity index (χ2v) is 6.03. The fraction of sp³-hybridized carbons (Fsp3) is 0.231. The summed E-state index contributed by atoms with van der Waals surface area (Å²) in [6.07, 6.45) is 1.39. The van der Waals surface area contributed by atoms with Crippen LogP contribution in [0.5, 0.6) is 0 Å². The van der Waals surface area contributed by atoms with E-state index in [1.807, 2.05) is 17.5 Å². The molecule has 0 spiro atoms. The van der Waals surface area contributed by atoms with E-state index in [1.165, 1.54) is 10.9 Å². The van der Waals surface area contributed by atoms with Gasteiger partial charge in [0.25, 0.3) is 0 Å². The molecule has 18 heavy (non-hydrogen) atoms. The van der Waals surface area contributed by atoms with Crippen LogP contribution in [0.1, 0.15) is 10.4 Å². The van der Waals surface area contributed by atoms with E-state index < -0.39 is 0 Å². The van der Waals surface area contributed by atoms with E-state index in [2.05, 4.69) is 27.4 Å². The summed E-state index contributed by atoms with van der Waals surface area (Å²) in [5.41, 5.74) is 3.44. The molecule has 2 rings (SSSR count). The Hall–Kier alpha value is -0.750. The number of hydrogen-bond acceptors (Lipinski definition) is 3. The van der Waals surface area contributed by atoms with E-state index in [4.69, 9.17) is 5.84 Å². The molecule has 0 radical (unpaired) electrons. The molecule has 1 heterocycles. The zero-order valence-corrected chi connectivity index (χ0v) is 12.1. The van der Waals surface area contributed by atoms with Gasteiger partial charge in [0.2, 0.25) is 0 Å². The SMILES string of the molecule is NNC(Cc1cccs1)Cc1ccc(Br)cc1F. The smallest absolute Gasteiger partial charge is 0.127 e. The van der Waals surface area contributed by atoms with Gasteiger partial charge in [0.05, 0.1) is 0 Å². The van der Waals surface area contributed by atoms with Gasteiger partial charge in [0, 0.05) is 15.4 Å². The van der Waals surface area contributed by atoms with E-state index >= 15 is 0 Å². The van der Waals surface area contributed by atoms with Crippen LogP contribution in [-0.4, -0.2) is 6.04 Å². The summed E-state index contributed by atoms with van der Waals surface area (Å²) in [7, 11) is 0. The summed E-state index contributed by atoms with van der Waals surface area (Å²) in [5.74, 6) is 5.34. The molecule has 0 saturated heterocycles. The number of halogens is 2. The molecule has 0 saturated carbocycles. The number of nitrogens with one attached hydrogen (secondary N) is 1. The molecule has 3 N–H and O–H groups in total. The van der Waals surface area contributed by atoms with Gasteiger partial charge in [-0.3, -0.25) is 11.3 Å². The Kier molecular flexibility index (Phi) is 4.88. The normalized spacial score (nSPS) is 12.6. The van der Waals surface area contributed by atoms with Crippen LogP contribution in [-0.2, 0) is 12.8 Å². The van der Waals surface area contributed by atoms with Gasteiger partial charge in [-0.1, -0.05) is 28.1 Å². The lowest BCUT2D eigenvalue weighted by Crippen LogP contribution is -2.38. The van der Waals surface area contributed by atoms with Crippen molar-refractivity contribution in [2.24, 2.45) is 5.84 Å². The molecule has 1 unspecified atom stereocenters. The second kappa shape index (κ2) is 6.43. The third-order valence-electron chi connectivity index (χ3n) is 2.74. The maximum absolute atomic E-state index is 13.7. The van der Waals surface area contributed by atoms with Crippen molar-refractivity contribution in [3.8, 4) is 0 Å². The van der Waals surface area contributed by atoms with Crippen LogP contribution in [0.2, 0.25) is 0 Å². The molecule has 5 heteroatoms. The number of hydrazine groups is 1. The Morgan fingerprint density at radius 2 is 2.17 bits per heavy atom. The lowest BCUT2D eigenvalue weighted by Gasteiger charge is -2.15. The first kappa shape index (κ1) is 13.7. The summed E-state index contributed by atoms with van der Waals surface area (Å²) in [6.45, 7) is 0. The molecule has 0 fully saturated rings. The van der Waals surface area contributed by atoms with E-state index in [9.17, 15) is 4.39 Å². The molecule has 2 aromatic rings. The van der Waals surface area contributed by atoms with Gasteiger partial charge in [0.1, 0.15) is 5.82 Å². The van der Waals surface area contributed by atoms with Crippen molar-refractivity contribution < 1.29 is 4.39 Å². The van der Waals surface area contributed by atoms with E-state index in [-0.39, 0.29) is 11.9 Å². The summed E-state index contributed by atoms with van der Waals surface area (Å²) >= 11 is 4.94. The monoisotopic (exact) mass is 328 g/mol. The predicted molar refractivity (Wildman–Crippen MR) is 76.9 cm³/mol. The number of thiophene rings is 1. The number of nitrogens with two attached hydrogens (primary N) is 1. The Morgan fingerprint density at radius 3 is 2.78 bits per heavy atom. The molecule has 0 amide bonds. The Morgan fingerprint density at radius 1 is 1.33 bits per heavy atom. The highest BCUT2D eigenvalue weighted by atomic mass is 79.9. The third kappa shape index (κ3) is 3.62. The minimum Gasteiger partial charge on any atom is -0.271 e. The predicted octanol–water partition coefficient (Wildman–Crippen LogP) is 3.27. The Balaban J connectivity index is 2.05. The minimum absolute atomic E-state index is 0.0410. The van der Waals surface area contributed by atoms with Crippen LogP contribution >= 0.6 is 27.3 Å². The first-order valence-electron chi connectivity index (χ1n) is 5.61. The quantitative estimate of drug-likeness (QED) is 0.653. The first-order valence-corrected chi connectivity index (χ1v) is 7.28. The van der Waals surface area contributed by atoms with Crippen molar-refractivity contribution in [2.75, 3.05) is 0 Å². The molecule has 96 valence electrons. The highest BCUT2D eigenvalue weighted by molar-refractivity contribution is 9.10. The van der Waals surface area contributed by atoms with Gasteiger partial charge < -0.3 is 0 Å². The molecule has 1 atom stereocenters.